The van der Waals surface area contributed by atoms with Gasteiger partial charge in [-0.1, -0.05) is 50.4 Å². The van der Waals surface area contributed by atoms with Crippen LogP contribution in [-0.4, -0.2) is 0 Å². The summed E-state index contributed by atoms with van der Waals surface area (Å²) in [7, 11) is 0. The van der Waals surface area contributed by atoms with E-state index in [2.05, 4.69) is 44.8 Å². The summed E-state index contributed by atoms with van der Waals surface area (Å²) in [5, 5.41) is 0.809. The van der Waals surface area contributed by atoms with Gasteiger partial charge in [0, 0.05) is 14.3 Å². The summed E-state index contributed by atoms with van der Waals surface area (Å²) in [5.74, 6) is 0.657. The van der Waals surface area contributed by atoms with Gasteiger partial charge in [0.15, 0.2) is 0 Å². The lowest BCUT2D eigenvalue weighted by molar-refractivity contribution is 0.622. The van der Waals surface area contributed by atoms with Crippen LogP contribution < -0.4 is 0 Å². The highest BCUT2D eigenvalue weighted by Gasteiger charge is 2.28. The van der Waals surface area contributed by atoms with E-state index >= 15 is 0 Å². The van der Waals surface area contributed by atoms with Crippen molar-refractivity contribution < 1.29 is 0 Å². The first-order chi connectivity index (χ1) is 6.09. The van der Waals surface area contributed by atoms with E-state index in [1.54, 1.807) is 0 Å². The highest BCUT2D eigenvalue weighted by atomic mass is 79.9. The molecule has 0 N–H and O–H groups in total. The van der Waals surface area contributed by atoms with Crippen LogP contribution in [0.3, 0.4) is 0 Å². The van der Waals surface area contributed by atoms with Crippen LogP contribution in [0.1, 0.15) is 22.9 Å². The Hall–Kier alpha value is 0.470. The van der Waals surface area contributed by atoms with Crippen LogP contribution in [0.5, 0.6) is 0 Å². The van der Waals surface area contributed by atoms with E-state index in [9.17, 15) is 0 Å². The third kappa shape index (κ3) is 1.69. The Morgan fingerprint density at radius 3 is 2.85 bits per heavy atom. The Morgan fingerprint density at radius 2 is 2.15 bits per heavy atom. The van der Waals surface area contributed by atoms with Crippen molar-refractivity contribution >= 4 is 43.5 Å². The molecule has 0 bridgehead atoms. The van der Waals surface area contributed by atoms with Gasteiger partial charge in [0.2, 0.25) is 0 Å². The molecule has 2 atom stereocenters. The van der Waals surface area contributed by atoms with Gasteiger partial charge in [0.1, 0.15) is 0 Å². The van der Waals surface area contributed by atoms with Gasteiger partial charge >= 0.3 is 0 Å². The van der Waals surface area contributed by atoms with Gasteiger partial charge in [0.05, 0.1) is 0 Å². The molecule has 0 saturated carbocycles. The smallest absolute Gasteiger partial charge is 0.0427 e. The highest BCUT2D eigenvalue weighted by molar-refractivity contribution is 9.10. The van der Waals surface area contributed by atoms with Crippen LogP contribution in [0, 0.1) is 5.92 Å². The normalized spacial score (nSPS) is 26.2. The molecule has 3 heteroatoms. The van der Waals surface area contributed by atoms with Crippen molar-refractivity contribution in [3.63, 3.8) is 0 Å². The maximum absolute atomic E-state index is 5.99. The van der Waals surface area contributed by atoms with E-state index in [4.69, 9.17) is 11.6 Å². The van der Waals surface area contributed by atoms with E-state index in [-0.39, 0.29) is 0 Å². The fourth-order valence-corrected chi connectivity index (χ4v) is 3.41. The van der Waals surface area contributed by atoms with Crippen LogP contribution in [-0.2, 0) is 6.42 Å². The fourth-order valence-electron chi connectivity index (χ4n) is 1.82. The topological polar surface area (TPSA) is 0 Å². The summed E-state index contributed by atoms with van der Waals surface area (Å²) in [5.41, 5.74) is 2.74. The molecule has 13 heavy (non-hydrogen) atoms. The Labute approximate surface area is 99.9 Å². The van der Waals surface area contributed by atoms with Crippen molar-refractivity contribution in [2.75, 3.05) is 0 Å². The van der Waals surface area contributed by atoms with Gasteiger partial charge < -0.3 is 0 Å². The zero-order chi connectivity index (χ0) is 9.59. The molecule has 0 aromatic heterocycles. The first-order valence-electron chi connectivity index (χ1n) is 4.21. The number of benzene rings is 1. The summed E-state index contributed by atoms with van der Waals surface area (Å²) in [4.78, 5) is 0.456. The molecular formula is C10H9Br2Cl. The van der Waals surface area contributed by atoms with Crippen molar-refractivity contribution in [2.45, 2.75) is 18.2 Å². The minimum atomic E-state index is 0.456. The molecule has 0 aliphatic heterocycles. The minimum absolute atomic E-state index is 0.456. The van der Waals surface area contributed by atoms with E-state index in [0.29, 0.717) is 10.7 Å². The first kappa shape index (κ1) is 10.0. The molecule has 0 saturated heterocycles. The molecule has 0 fully saturated rings. The van der Waals surface area contributed by atoms with Gasteiger partial charge in [-0.25, -0.2) is 0 Å². The van der Waals surface area contributed by atoms with Crippen molar-refractivity contribution in [3.05, 3.63) is 32.8 Å². The second kappa shape index (κ2) is 3.56. The van der Waals surface area contributed by atoms with Crippen LogP contribution in [0.4, 0.5) is 0 Å². The minimum Gasteiger partial charge on any atom is -0.0843 e. The summed E-state index contributed by atoms with van der Waals surface area (Å²) in [6.07, 6.45) is 1.13. The second-order valence-electron chi connectivity index (χ2n) is 3.54. The van der Waals surface area contributed by atoms with E-state index in [0.717, 1.165) is 15.9 Å². The Morgan fingerprint density at radius 1 is 1.46 bits per heavy atom. The van der Waals surface area contributed by atoms with Gasteiger partial charge in [-0.15, -0.1) is 0 Å². The molecule has 70 valence electrons. The number of fused-ring (bicyclic) bond motifs is 1. The lowest BCUT2D eigenvalue weighted by atomic mass is 10.1. The predicted molar refractivity (Wildman–Crippen MR) is 63.7 cm³/mol. The zero-order valence-electron chi connectivity index (χ0n) is 7.15. The molecule has 2 rings (SSSR count). The fraction of sp³-hybridized carbons (Fsp3) is 0.400. The molecule has 1 aliphatic carbocycles. The molecule has 0 radical (unpaired) electrons. The Kier molecular flexibility index (Phi) is 2.74. The van der Waals surface area contributed by atoms with E-state index in [1.165, 1.54) is 11.1 Å². The SMILES string of the molecule is CC1Cc2c(Br)cc(Cl)cc2C1Br. The number of halogens is 3. The quantitative estimate of drug-likeness (QED) is 0.605. The zero-order valence-corrected chi connectivity index (χ0v) is 11.1. The van der Waals surface area contributed by atoms with Gasteiger partial charge in [-0.3, -0.25) is 0 Å². The van der Waals surface area contributed by atoms with Crippen LogP contribution in [0.2, 0.25) is 5.02 Å². The number of alkyl halides is 1. The van der Waals surface area contributed by atoms with Crippen molar-refractivity contribution in [1.82, 2.24) is 0 Å². The number of hydrogen-bond donors (Lipinski definition) is 0. The Bertz CT molecular complexity index is 349. The molecule has 0 amide bonds. The van der Waals surface area contributed by atoms with Gasteiger partial charge in [-0.2, -0.15) is 0 Å². The summed E-state index contributed by atoms with van der Waals surface area (Å²) >= 11 is 13.2. The lowest BCUT2D eigenvalue weighted by Crippen LogP contribution is -1.93. The van der Waals surface area contributed by atoms with Crippen molar-refractivity contribution in [1.29, 1.82) is 0 Å². The van der Waals surface area contributed by atoms with Gasteiger partial charge in [-0.05, 0) is 35.6 Å². The molecule has 1 aliphatic rings. The molecule has 0 heterocycles. The molecular weight excluding hydrogens is 315 g/mol. The standard InChI is InChI=1S/C10H9Br2Cl/c1-5-2-7-8(10(5)12)3-6(13)4-9(7)11/h3-5,10H,2H2,1H3. The lowest BCUT2D eigenvalue weighted by Gasteiger charge is -2.07. The third-order valence-electron chi connectivity index (χ3n) is 2.52. The summed E-state index contributed by atoms with van der Waals surface area (Å²) < 4.78 is 1.14. The summed E-state index contributed by atoms with van der Waals surface area (Å²) in [6, 6.07) is 4.03. The Balaban J connectivity index is 2.57. The highest BCUT2D eigenvalue weighted by Crippen LogP contribution is 2.45. The van der Waals surface area contributed by atoms with Crippen molar-refractivity contribution in [3.8, 4) is 0 Å². The second-order valence-corrected chi connectivity index (χ2v) is 5.82. The summed E-state index contributed by atoms with van der Waals surface area (Å²) in [6.45, 7) is 2.25. The van der Waals surface area contributed by atoms with E-state index in [1.807, 2.05) is 6.07 Å². The van der Waals surface area contributed by atoms with Crippen LogP contribution >= 0.6 is 43.5 Å². The van der Waals surface area contributed by atoms with Crippen molar-refractivity contribution in [2.24, 2.45) is 5.92 Å². The third-order valence-corrected chi connectivity index (χ3v) is 4.84. The molecule has 1 aromatic rings. The van der Waals surface area contributed by atoms with E-state index < -0.39 is 0 Å². The molecule has 0 nitrogen and oxygen atoms in total. The maximum atomic E-state index is 5.99. The number of hydrogen-bond acceptors (Lipinski definition) is 0. The molecule has 2 unspecified atom stereocenters. The predicted octanol–water partition coefficient (Wildman–Crippen LogP) is 4.73. The monoisotopic (exact) mass is 322 g/mol. The van der Waals surface area contributed by atoms with Crippen LogP contribution in [0.15, 0.2) is 16.6 Å². The largest absolute Gasteiger partial charge is 0.0843 e. The van der Waals surface area contributed by atoms with Gasteiger partial charge in [0.25, 0.3) is 0 Å². The first-order valence-corrected chi connectivity index (χ1v) is 6.30. The molecule has 0 spiro atoms. The average Bonchev–Trinajstić information content (AvgIpc) is 2.32. The average molecular weight is 324 g/mol. The maximum Gasteiger partial charge on any atom is 0.0427 e. The number of rotatable bonds is 0. The van der Waals surface area contributed by atoms with Crippen LogP contribution in [0.25, 0.3) is 0 Å². The molecule has 1 aromatic carbocycles.